The Hall–Kier alpha value is -2.05. The van der Waals surface area contributed by atoms with E-state index < -0.39 is 12.1 Å². The molecular weight excluding hydrogens is 398 g/mol. The fraction of sp³-hybridized carbons (Fsp3) is 0.176. The van der Waals surface area contributed by atoms with Crippen molar-refractivity contribution in [2.75, 3.05) is 12.4 Å². The van der Waals surface area contributed by atoms with Gasteiger partial charge in [-0.3, -0.25) is 4.79 Å². The standard InChI is InChI=1S/C17H15BrClNO4/c1-10(16(21)20-14-6-4-3-5-13(14)19)24-15-8-7-11(9-12(15)18)17(22)23-2/h3-10H,1-2H3,(H,20,21). The first kappa shape index (κ1) is 18.3. The van der Waals surface area contributed by atoms with Gasteiger partial charge in [0.1, 0.15) is 5.75 Å². The molecule has 126 valence electrons. The first-order valence-electron chi connectivity index (χ1n) is 7.02. The van der Waals surface area contributed by atoms with E-state index in [4.69, 9.17) is 16.3 Å². The number of amides is 1. The molecule has 0 bridgehead atoms. The lowest BCUT2D eigenvalue weighted by Crippen LogP contribution is -2.30. The minimum Gasteiger partial charge on any atom is -0.480 e. The number of anilines is 1. The van der Waals surface area contributed by atoms with Gasteiger partial charge in [-0.15, -0.1) is 0 Å². The average Bonchev–Trinajstić information content (AvgIpc) is 2.57. The highest BCUT2D eigenvalue weighted by Gasteiger charge is 2.18. The number of carbonyl (C=O) groups is 2. The lowest BCUT2D eigenvalue weighted by molar-refractivity contribution is -0.122. The van der Waals surface area contributed by atoms with Crippen molar-refractivity contribution < 1.29 is 19.1 Å². The zero-order valence-electron chi connectivity index (χ0n) is 13.0. The minimum atomic E-state index is -0.762. The Morgan fingerprint density at radius 1 is 1.21 bits per heavy atom. The van der Waals surface area contributed by atoms with Gasteiger partial charge in [0.25, 0.3) is 5.91 Å². The van der Waals surface area contributed by atoms with Gasteiger partial charge in [-0.2, -0.15) is 0 Å². The topological polar surface area (TPSA) is 64.6 Å². The molecule has 0 saturated carbocycles. The number of halogens is 2. The van der Waals surface area contributed by atoms with Crippen LogP contribution < -0.4 is 10.1 Å². The molecule has 5 nitrogen and oxygen atoms in total. The van der Waals surface area contributed by atoms with E-state index in [1.807, 2.05) is 0 Å². The van der Waals surface area contributed by atoms with Crippen molar-refractivity contribution in [2.45, 2.75) is 13.0 Å². The predicted octanol–water partition coefficient (Wildman–Crippen LogP) is 4.30. The predicted molar refractivity (Wildman–Crippen MR) is 95.7 cm³/mol. The number of esters is 1. The lowest BCUT2D eigenvalue weighted by atomic mass is 10.2. The number of hydrogen-bond acceptors (Lipinski definition) is 4. The molecule has 7 heteroatoms. The van der Waals surface area contributed by atoms with Gasteiger partial charge in [-0.25, -0.2) is 4.79 Å². The maximum atomic E-state index is 12.2. The summed E-state index contributed by atoms with van der Waals surface area (Å²) in [6, 6.07) is 11.7. The van der Waals surface area contributed by atoms with E-state index in [0.29, 0.717) is 26.5 Å². The largest absolute Gasteiger partial charge is 0.480 e. The van der Waals surface area contributed by atoms with E-state index in [9.17, 15) is 9.59 Å². The van der Waals surface area contributed by atoms with Crippen LogP contribution in [0.5, 0.6) is 5.75 Å². The third-order valence-corrected chi connectivity index (χ3v) is 4.11. The highest BCUT2D eigenvalue weighted by molar-refractivity contribution is 9.10. The summed E-state index contributed by atoms with van der Waals surface area (Å²) < 4.78 is 10.8. The highest BCUT2D eigenvalue weighted by atomic mass is 79.9. The molecule has 0 aliphatic carbocycles. The average molecular weight is 413 g/mol. The lowest BCUT2D eigenvalue weighted by Gasteiger charge is -2.16. The second-order valence-electron chi connectivity index (χ2n) is 4.87. The zero-order chi connectivity index (χ0) is 17.7. The Labute approximate surface area is 153 Å². The Morgan fingerprint density at radius 2 is 1.92 bits per heavy atom. The van der Waals surface area contributed by atoms with Gasteiger partial charge in [-0.05, 0) is 53.2 Å². The summed E-state index contributed by atoms with van der Waals surface area (Å²) >= 11 is 9.33. The smallest absolute Gasteiger partial charge is 0.337 e. The van der Waals surface area contributed by atoms with Crippen LogP contribution in [0.3, 0.4) is 0 Å². The van der Waals surface area contributed by atoms with Crippen LogP contribution in [0.15, 0.2) is 46.9 Å². The number of ether oxygens (including phenoxy) is 2. The zero-order valence-corrected chi connectivity index (χ0v) is 15.3. The fourth-order valence-electron chi connectivity index (χ4n) is 1.88. The molecule has 1 N–H and O–H groups in total. The van der Waals surface area contributed by atoms with Crippen LogP contribution in [0.4, 0.5) is 5.69 Å². The van der Waals surface area contributed by atoms with Crippen LogP contribution in [-0.4, -0.2) is 25.1 Å². The van der Waals surface area contributed by atoms with Gasteiger partial charge in [0.05, 0.1) is 27.9 Å². The number of benzene rings is 2. The van der Waals surface area contributed by atoms with Crippen molar-refractivity contribution in [1.29, 1.82) is 0 Å². The summed E-state index contributed by atoms with van der Waals surface area (Å²) in [5.41, 5.74) is 0.893. The summed E-state index contributed by atoms with van der Waals surface area (Å²) in [6.07, 6.45) is -0.762. The maximum Gasteiger partial charge on any atom is 0.337 e. The van der Waals surface area contributed by atoms with Crippen molar-refractivity contribution in [1.82, 2.24) is 0 Å². The molecular formula is C17H15BrClNO4. The summed E-state index contributed by atoms with van der Waals surface area (Å²) in [4.78, 5) is 23.7. The van der Waals surface area contributed by atoms with Crippen LogP contribution in [-0.2, 0) is 9.53 Å². The van der Waals surface area contributed by atoms with Crippen LogP contribution in [0.25, 0.3) is 0 Å². The quantitative estimate of drug-likeness (QED) is 0.744. The van der Waals surface area contributed by atoms with Gasteiger partial charge in [-0.1, -0.05) is 23.7 Å². The number of hydrogen-bond donors (Lipinski definition) is 1. The SMILES string of the molecule is COC(=O)c1ccc(OC(C)C(=O)Nc2ccccc2Cl)c(Br)c1. The molecule has 0 aromatic heterocycles. The highest BCUT2D eigenvalue weighted by Crippen LogP contribution is 2.28. The van der Waals surface area contributed by atoms with E-state index in [0.717, 1.165) is 0 Å². The molecule has 1 amide bonds. The normalized spacial score (nSPS) is 11.5. The maximum absolute atomic E-state index is 12.2. The molecule has 0 radical (unpaired) electrons. The van der Waals surface area contributed by atoms with Crippen LogP contribution >= 0.6 is 27.5 Å². The minimum absolute atomic E-state index is 0.341. The van der Waals surface area contributed by atoms with Crippen molar-refractivity contribution in [3.05, 3.63) is 57.5 Å². The van der Waals surface area contributed by atoms with E-state index in [-0.39, 0.29) is 5.91 Å². The molecule has 0 aliphatic heterocycles. The summed E-state index contributed by atoms with van der Waals surface area (Å²) in [6.45, 7) is 1.62. The monoisotopic (exact) mass is 411 g/mol. The van der Waals surface area contributed by atoms with E-state index in [1.165, 1.54) is 7.11 Å². The van der Waals surface area contributed by atoms with Crippen molar-refractivity contribution in [3.63, 3.8) is 0 Å². The number of rotatable bonds is 5. The third-order valence-electron chi connectivity index (χ3n) is 3.16. The Morgan fingerprint density at radius 3 is 2.54 bits per heavy atom. The van der Waals surface area contributed by atoms with Crippen molar-refractivity contribution >= 4 is 45.1 Å². The van der Waals surface area contributed by atoms with Crippen LogP contribution in [0, 0.1) is 0 Å². The molecule has 0 fully saturated rings. The Kier molecular flexibility index (Phi) is 6.23. The van der Waals surface area contributed by atoms with E-state index in [1.54, 1.807) is 49.4 Å². The Balaban J connectivity index is 2.06. The summed E-state index contributed by atoms with van der Waals surface area (Å²) in [5.74, 6) is -0.358. The molecule has 2 rings (SSSR count). The first-order valence-corrected chi connectivity index (χ1v) is 8.19. The fourth-order valence-corrected chi connectivity index (χ4v) is 2.54. The molecule has 0 aliphatic rings. The summed E-state index contributed by atoms with van der Waals surface area (Å²) in [7, 11) is 1.31. The van der Waals surface area contributed by atoms with E-state index >= 15 is 0 Å². The van der Waals surface area contributed by atoms with E-state index in [2.05, 4.69) is 26.0 Å². The van der Waals surface area contributed by atoms with Crippen LogP contribution in [0.2, 0.25) is 5.02 Å². The van der Waals surface area contributed by atoms with Gasteiger partial charge in [0.2, 0.25) is 0 Å². The second-order valence-corrected chi connectivity index (χ2v) is 6.13. The first-order chi connectivity index (χ1) is 11.4. The molecule has 2 aromatic carbocycles. The van der Waals surface area contributed by atoms with Gasteiger partial charge >= 0.3 is 5.97 Å². The van der Waals surface area contributed by atoms with Gasteiger partial charge < -0.3 is 14.8 Å². The van der Waals surface area contributed by atoms with Gasteiger partial charge in [0.15, 0.2) is 6.10 Å². The number of methoxy groups -OCH3 is 1. The summed E-state index contributed by atoms with van der Waals surface area (Å²) in [5, 5.41) is 3.15. The Bertz CT molecular complexity index is 766. The van der Waals surface area contributed by atoms with Crippen molar-refractivity contribution in [3.8, 4) is 5.75 Å². The molecule has 0 saturated heterocycles. The molecule has 0 spiro atoms. The van der Waals surface area contributed by atoms with Gasteiger partial charge in [0, 0.05) is 0 Å². The van der Waals surface area contributed by atoms with Crippen molar-refractivity contribution in [2.24, 2.45) is 0 Å². The third kappa shape index (κ3) is 4.49. The number of nitrogens with one attached hydrogen (secondary N) is 1. The number of para-hydroxylation sites is 1. The molecule has 0 heterocycles. The molecule has 1 unspecified atom stereocenters. The number of carbonyl (C=O) groups excluding carboxylic acids is 2. The molecule has 2 aromatic rings. The van der Waals surface area contributed by atoms with Crippen LogP contribution in [0.1, 0.15) is 17.3 Å². The second kappa shape index (κ2) is 8.17. The molecule has 24 heavy (non-hydrogen) atoms. The molecule has 1 atom stereocenters.